The third-order valence-corrected chi connectivity index (χ3v) is 5.19. The number of aliphatic carboxylic acids is 1. The molecule has 1 amide bonds. The summed E-state index contributed by atoms with van der Waals surface area (Å²) in [5.74, 6) is -0.110. The highest BCUT2D eigenvalue weighted by Crippen LogP contribution is 2.30. The molecule has 0 radical (unpaired) electrons. The van der Waals surface area contributed by atoms with Gasteiger partial charge >= 0.3 is 5.97 Å². The number of rotatable bonds is 4. The lowest BCUT2D eigenvalue weighted by molar-refractivity contribution is -0.138. The van der Waals surface area contributed by atoms with Crippen LogP contribution in [0.25, 0.3) is 6.08 Å². The number of benzene rings is 1. The van der Waals surface area contributed by atoms with Crippen LogP contribution >= 0.6 is 11.6 Å². The number of carbonyl (C=O) groups excluding carboxylic acids is 1. The van der Waals surface area contributed by atoms with Crippen molar-refractivity contribution in [3.05, 3.63) is 34.4 Å². The first-order chi connectivity index (χ1) is 12.4. The summed E-state index contributed by atoms with van der Waals surface area (Å²) in [6.07, 6.45) is 4.37. The number of amides is 1. The van der Waals surface area contributed by atoms with Gasteiger partial charge in [-0.15, -0.1) is 0 Å². The summed E-state index contributed by atoms with van der Waals surface area (Å²) in [6.45, 7) is 1.57. The monoisotopic (exact) mass is 378 g/mol. The first-order valence-corrected chi connectivity index (χ1v) is 9.16. The van der Waals surface area contributed by atoms with Crippen molar-refractivity contribution in [1.82, 2.24) is 9.80 Å². The topological polar surface area (TPSA) is 70.1 Å². The highest BCUT2D eigenvalue weighted by molar-refractivity contribution is 6.30. The summed E-state index contributed by atoms with van der Waals surface area (Å²) in [4.78, 5) is 27.5. The molecule has 3 rings (SSSR count). The molecular weight excluding hydrogens is 356 g/mol. The zero-order chi connectivity index (χ0) is 18.7. The number of nitrogens with zero attached hydrogens (tertiary/aromatic N) is 2. The molecule has 140 valence electrons. The van der Waals surface area contributed by atoms with Crippen molar-refractivity contribution in [2.45, 2.75) is 25.3 Å². The van der Waals surface area contributed by atoms with Gasteiger partial charge in [0.25, 0.3) is 5.91 Å². The molecule has 0 aromatic heterocycles. The molecule has 1 N–H and O–H groups in total. The molecule has 0 saturated carbocycles. The van der Waals surface area contributed by atoms with E-state index in [1.54, 1.807) is 12.1 Å². The zero-order valence-corrected chi connectivity index (χ0v) is 15.5. The average Bonchev–Trinajstić information content (AvgIpc) is 2.86. The van der Waals surface area contributed by atoms with Gasteiger partial charge in [0.2, 0.25) is 0 Å². The molecule has 1 aromatic rings. The molecule has 26 heavy (non-hydrogen) atoms. The molecule has 0 bridgehead atoms. The minimum absolute atomic E-state index is 0.0165. The summed E-state index contributed by atoms with van der Waals surface area (Å²) < 4.78 is 5.69. The molecule has 1 aromatic carbocycles. The Morgan fingerprint density at radius 1 is 1.35 bits per heavy atom. The second-order valence-corrected chi connectivity index (χ2v) is 7.26. The summed E-state index contributed by atoms with van der Waals surface area (Å²) in [5, 5.41) is 9.57. The summed E-state index contributed by atoms with van der Waals surface area (Å²) in [5.41, 5.74) is 1.44. The van der Waals surface area contributed by atoms with Crippen LogP contribution in [0.4, 0.5) is 0 Å². The van der Waals surface area contributed by atoms with Crippen molar-refractivity contribution in [2.75, 3.05) is 33.3 Å². The van der Waals surface area contributed by atoms with E-state index in [2.05, 4.69) is 0 Å². The molecule has 2 aliphatic heterocycles. The van der Waals surface area contributed by atoms with E-state index in [1.807, 2.05) is 29.0 Å². The average molecular weight is 379 g/mol. The Labute approximate surface area is 158 Å². The van der Waals surface area contributed by atoms with Crippen molar-refractivity contribution in [2.24, 2.45) is 0 Å². The number of halogens is 1. The van der Waals surface area contributed by atoms with E-state index in [0.29, 0.717) is 23.7 Å². The molecule has 2 heterocycles. The number of carboxylic acid groups (broad SMARTS) is 1. The maximum absolute atomic E-state index is 12.9. The largest absolute Gasteiger partial charge is 0.488 e. The fourth-order valence-corrected chi connectivity index (χ4v) is 3.72. The van der Waals surface area contributed by atoms with E-state index in [-0.39, 0.29) is 25.1 Å². The van der Waals surface area contributed by atoms with Crippen LogP contribution in [0.5, 0.6) is 5.75 Å². The van der Waals surface area contributed by atoms with Crippen molar-refractivity contribution in [3.8, 4) is 5.75 Å². The van der Waals surface area contributed by atoms with Gasteiger partial charge in [-0.3, -0.25) is 14.5 Å². The fourth-order valence-electron chi connectivity index (χ4n) is 3.54. The highest BCUT2D eigenvalue weighted by atomic mass is 35.5. The third-order valence-electron chi connectivity index (χ3n) is 4.95. The van der Waals surface area contributed by atoms with Gasteiger partial charge in [0.05, 0.1) is 12.1 Å². The van der Waals surface area contributed by atoms with E-state index in [9.17, 15) is 9.59 Å². The van der Waals surface area contributed by atoms with E-state index in [4.69, 9.17) is 21.4 Å². The number of ether oxygens (including phenoxy) is 1. The highest BCUT2D eigenvalue weighted by Gasteiger charge is 2.27. The van der Waals surface area contributed by atoms with Gasteiger partial charge in [-0.2, -0.15) is 0 Å². The Bertz CT molecular complexity index is 734. The maximum Gasteiger partial charge on any atom is 0.317 e. The lowest BCUT2D eigenvalue weighted by Gasteiger charge is -2.26. The number of hydrogen-bond acceptors (Lipinski definition) is 4. The van der Waals surface area contributed by atoms with Crippen LogP contribution in [0.3, 0.4) is 0 Å². The van der Waals surface area contributed by atoms with Crippen molar-refractivity contribution in [3.63, 3.8) is 0 Å². The molecule has 6 nitrogen and oxygen atoms in total. The third kappa shape index (κ3) is 4.37. The Kier molecular flexibility index (Phi) is 5.84. The molecular formula is C19H23ClN2O4. The molecule has 1 saturated heterocycles. The van der Waals surface area contributed by atoms with Gasteiger partial charge in [-0.25, -0.2) is 0 Å². The molecule has 1 atom stereocenters. The Balaban J connectivity index is 1.66. The van der Waals surface area contributed by atoms with Crippen molar-refractivity contribution < 1.29 is 19.4 Å². The standard InChI is InChI=1S/C19H23ClN2O4/c1-21(11-18(23)24)16-3-2-7-22(8-6-16)19(25)14-9-13-10-15(20)4-5-17(13)26-12-14/h4-5,9-10,16H,2-3,6-8,11-12H2,1H3,(H,23,24). The maximum atomic E-state index is 12.9. The van der Waals surface area contributed by atoms with E-state index in [1.165, 1.54) is 0 Å². The van der Waals surface area contributed by atoms with E-state index in [0.717, 1.165) is 30.6 Å². The number of carboxylic acids is 1. The van der Waals surface area contributed by atoms with Crippen LogP contribution in [0.2, 0.25) is 5.02 Å². The Morgan fingerprint density at radius 3 is 2.92 bits per heavy atom. The van der Waals surface area contributed by atoms with Crippen molar-refractivity contribution in [1.29, 1.82) is 0 Å². The molecule has 2 aliphatic rings. The van der Waals surface area contributed by atoms with E-state index >= 15 is 0 Å². The van der Waals surface area contributed by atoms with Crippen LogP contribution in [0, 0.1) is 0 Å². The molecule has 7 heteroatoms. The number of fused-ring (bicyclic) bond motifs is 1. The lowest BCUT2D eigenvalue weighted by Crippen LogP contribution is -2.38. The predicted molar refractivity (Wildman–Crippen MR) is 99.4 cm³/mol. The summed E-state index contributed by atoms with van der Waals surface area (Å²) >= 11 is 6.03. The summed E-state index contributed by atoms with van der Waals surface area (Å²) in [6, 6.07) is 5.55. The van der Waals surface area contributed by atoms with Gasteiger partial charge in [-0.05, 0) is 50.6 Å². The summed E-state index contributed by atoms with van der Waals surface area (Å²) in [7, 11) is 1.83. The number of likely N-dealkylation sites (tertiary alicyclic amines) is 1. The van der Waals surface area contributed by atoms with Crippen LogP contribution in [-0.4, -0.2) is 66.1 Å². The van der Waals surface area contributed by atoms with E-state index < -0.39 is 5.97 Å². The first-order valence-electron chi connectivity index (χ1n) is 8.78. The minimum atomic E-state index is -0.827. The fraction of sp³-hybridized carbons (Fsp3) is 0.474. The van der Waals surface area contributed by atoms with Crippen LogP contribution in [0.1, 0.15) is 24.8 Å². The minimum Gasteiger partial charge on any atom is -0.488 e. The lowest BCUT2D eigenvalue weighted by atomic mass is 10.1. The number of likely N-dealkylation sites (N-methyl/N-ethyl adjacent to an activating group) is 1. The van der Waals surface area contributed by atoms with Gasteiger partial charge in [0.15, 0.2) is 0 Å². The normalized spacial score (nSPS) is 20.0. The van der Waals surface area contributed by atoms with Gasteiger partial charge in [0.1, 0.15) is 12.4 Å². The molecule has 0 aliphatic carbocycles. The van der Waals surface area contributed by atoms with Crippen LogP contribution < -0.4 is 4.74 Å². The molecule has 1 unspecified atom stereocenters. The smallest absolute Gasteiger partial charge is 0.317 e. The number of hydrogen-bond donors (Lipinski definition) is 1. The quantitative estimate of drug-likeness (QED) is 0.871. The molecule has 0 spiro atoms. The second kappa shape index (κ2) is 8.10. The SMILES string of the molecule is CN(CC(=O)O)C1CCCN(C(=O)C2=Cc3cc(Cl)ccc3OC2)CC1. The van der Waals surface area contributed by atoms with Gasteiger partial charge in [-0.1, -0.05) is 11.6 Å². The van der Waals surface area contributed by atoms with Crippen LogP contribution in [-0.2, 0) is 9.59 Å². The van der Waals surface area contributed by atoms with Crippen molar-refractivity contribution >= 4 is 29.6 Å². The predicted octanol–water partition coefficient (Wildman–Crippen LogP) is 2.51. The van der Waals surface area contributed by atoms with Gasteiger partial charge in [0, 0.05) is 29.7 Å². The van der Waals surface area contributed by atoms with Crippen LogP contribution in [0.15, 0.2) is 23.8 Å². The first kappa shape index (κ1) is 18.7. The number of carbonyl (C=O) groups is 2. The zero-order valence-electron chi connectivity index (χ0n) is 14.8. The Morgan fingerprint density at radius 2 is 2.15 bits per heavy atom. The second-order valence-electron chi connectivity index (χ2n) is 6.83. The molecule has 1 fully saturated rings. The Hall–Kier alpha value is -2.05. The van der Waals surface area contributed by atoms with Gasteiger partial charge < -0.3 is 14.7 Å².